The molecule has 0 fully saturated rings. The number of fused-ring (bicyclic) bond motifs is 1. The van der Waals surface area contributed by atoms with Crippen LogP contribution < -0.4 is 19.5 Å². The van der Waals surface area contributed by atoms with E-state index in [1.165, 1.54) is 0 Å². The van der Waals surface area contributed by atoms with Crippen molar-refractivity contribution >= 4 is 30.4 Å². The first-order chi connectivity index (χ1) is 16.0. The average molecular weight is 478 g/mol. The molecule has 0 aliphatic carbocycles. The van der Waals surface area contributed by atoms with Gasteiger partial charge in [-0.1, -0.05) is 19.1 Å². The van der Waals surface area contributed by atoms with E-state index in [9.17, 15) is 9.59 Å². The van der Waals surface area contributed by atoms with Crippen LogP contribution in [0.2, 0.25) is 0 Å². The number of anilines is 1. The molecule has 1 aliphatic rings. The van der Waals surface area contributed by atoms with Crippen molar-refractivity contribution < 1.29 is 38.4 Å². The normalized spacial score (nSPS) is 13.7. The van der Waals surface area contributed by atoms with Crippen LogP contribution in [-0.4, -0.2) is 49.5 Å². The Morgan fingerprint density at radius 2 is 1.97 bits per heavy atom. The first kappa shape index (κ1) is 24.5. The zero-order chi connectivity index (χ0) is 23.6. The molecule has 1 aliphatic heterocycles. The summed E-state index contributed by atoms with van der Waals surface area (Å²) in [6.07, 6.45) is -0.838. The number of hydrogen-bond acceptors (Lipinski definition) is 9. The van der Waals surface area contributed by atoms with Crippen LogP contribution in [-0.2, 0) is 14.3 Å². The highest BCUT2D eigenvalue weighted by atomic mass is 32.1. The van der Waals surface area contributed by atoms with Gasteiger partial charge in [0.15, 0.2) is 11.5 Å². The van der Waals surface area contributed by atoms with E-state index in [1.807, 2.05) is 13.0 Å². The van der Waals surface area contributed by atoms with Crippen LogP contribution in [0, 0.1) is 5.92 Å². The molecule has 2 N–H and O–H groups in total. The summed E-state index contributed by atoms with van der Waals surface area (Å²) in [6.45, 7) is 2.23. The fraction of sp³-hybridized carbons (Fsp3) is 0.391. The van der Waals surface area contributed by atoms with E-state index in [2.05, 4.69) is 17.9 Å². The molecule has 9 nitrogen and oxygen atoms in total. The van der Waals surface area contributed by atoms with Gasteiger partial charge in [0.05, 0.1) is 19.0 Å². The third kappa shape index (κ3) is 7.19. The Morgan fingerprint density at radius 1 is 1.15 bits per heavy atom. The number of amides is 1. The first-order valence-electron chi connectivity index (χ1n) is 10.5. The monoisotopic (exact) mass is 477 g/mol. The second kappa shape index (κ2) is 12.2. The number of esters is 1. The van der Waals surface area contributed by atoms with E-state index in [-0.39, 0.29) is 38.3 Å². The zero-order valence-corrected chi connectivity index (χ0v) is 19.1. The third-order valence-electron chi connectivity index (χ3n) is 4.88. The molecule has 33 heavy (non-hydrogen) atoms. The lowest BCUT2D eigenvalue weighted by molar-refractivity contribution is -0.141. The summed E-state index contributed by atoms with van der Waals surface area (Å²) in [5, 5.41) is 11.7. The van der Waals surface area contributed by atoms with E-state index >= 15 is 0 Å². The number of hydrogen-bond donors (Lipinski definition) is 3. The number of thiol groups is 1. The van der Waals surface area contributed by atoms with Crippen molar-refractivity contribution in [3.63, 3.8) is 0 Å². The molecule has 178 valence electrons. The summed E-state index contributed by atoms with van der Waals surface area (Å²) >= 11 is 3.89. The Bertz CT molecular complexity index is 954. The van der Waals surface area contributed by atoms with Crippen LogP contribution in [0.3, 0.4) is 0 Å². The minimum absolute atomic E-state index is 0.00348. The Morgan fingerprint density at radius 3 is 2.76 bits per heavy atom. The van der Waals surface area contributed by atoms with E-state index in [4.69, 9.17) is 28.8 Å². The summed E-state index contributed by atoms with van der Waals surface area (Å²) in [6, 6.07) is 12.2. The van der Waals surface area contributed by atoms with Gasteiger partial charge in [-0.25, -0.2) is 4.79 Å². The largest absolute Gasteiger partial charge is 0.491 e. The van der Waals surface area contributed by atoms with Gasteiger partial charge in [0.2, 0.25) is 6.79 Å². The molecular weight excluding hydrogens is 450 g/mol. The summed E-state index contributed by atoms with van der Waals surface area (Å²) in [5.74, 6) is 1.08. The molecule has 2 aromatic carbocycles. The van der Waals surface area contributed by atoms with Gasteiger partial charge in [0.1, 0.15) is 18.5 Å². The Kier molecular flexibility index (Phi) is 9.08. The molecule has 0 bridgehead atoms. The van der Waals surface area contributed by atoms with Crippen molar-refractivity contribution in [2.24, 2.45) is 5.92 Å². The fourth-order valence-corrected chi connectivity index (χ4v) is 3.34. The lowest BCUT2D eigenvalue weighted by Crippen LogP contribution is -2.23. The molecular formula is C23H27NO8S. The standard InChI is InChI=1S/C23H27NO8S/c1-15(7-9-29-21(26)13-33)22(16-3-2-4-18(11-16)28-10-8-25)32-23(27)24-17-5-6-19-20(12-17)31-14-30-19/h2-6,11-12,15,22,25,33H,7-10,13-14H2,1H3,(H,24,27)/t15-,22-/m1/s1. The molecule has 2 atom stereocenters. The van der Waals surface area contributed by atoms with Crippen molar-refractivity contribution in [3.8, 4) is 17.2 Å². The molecule has 0 radical (unpaired) electrons. The number of rotatable bonds is 11. The van der Waals surface area contributed by atoms with E-state index in [1.54, 1.807) is 36.4 Å². The van der Waals surface area contributed by atoms with Gasteiger partial charge in [-0.15, -0.1) is 0 Å². The average Bonchev–Trinajstić information content (AvgIpc) is 3.29. The quantitative estimate of drug-likeness (QED) is 0.333. The number of carbonyl (C=O) groups excluding carboxylic acids is 2. The predicted molar refractivity (Wildman–Crippen MR) is 123 cm³/mol. The number of aliphatic hydroxyl groups excluding tert-OH is 1. The van der Waals surface area contributed by atoms with Crippen molar-refractivity contribution in [1.82, 2.24) is 0 Å². The van der Waals surface area contributed by atoms with E-state index in [0.29, 0.717) is 34.9 Å². The van der Waals surface area contributed by atoms with Crippen molar-refractivity contribution in [2.45, 2.75) is 19.4 Å². The summed E-state index contributed by atoms with van der Waals surface area (Å²) in [4.78, 5) is 24.1. The topological polar surface area (TPSA) is 113 Å². The van der Waals surface area contributed by atoms with Crippen molar-refractivity contribution in [1.29, 1.82) is 0 Å². The van der Waals surface area contributed by atoms with Crippen LogP contribution in [0.4, 0.5) is 10.5 Å². The molecule has 0 spiro atoms. The van der Waals surface area contributed by atoms with E-state index in [0.717, 1.165) is 0 Å². The van der Waals surface area contributed by atoms with Gasteiger partial charge in [-0.05, 0) is 36.2 Å². The zero-order valence-electron chi connectivity index (χ0n) is 18.2. The van der Waals surface area contributed by atoms with Gasteiger partial charge in [0, 0.05) is 17.7 Å². The lowest BCUT2D eigenvalue weighted by Gasteiger charge is -2.25. The maximum absolute atomic E-state index is 12.7. The Labute approximate surface area is 197 Å². The molecule has 1 heterocycles. The first-order valence-corrected chi connectivity index (χ1v) is 11.1. The Balaban J connectivity index is 1.71. The van der Waals surface area contributed by atoms with Crippen LogP contribution in [0.1, 0.15) is 25.0 Å². The number of ether oxygens (including phenoxy) is 5. The molecule has 1 amide bonds. The Hall–Kier alpha value is -3.11. The maximum Gasteiger partial charge on any atom is 0.412 e. The fourth-order valence-electron chi connectivity index (χ4n) is 3.25. The van der Waals surface area contributed by atoms with Crippen molar-refractivity contribution in [3.05, 3.63) is 48.0 Å². The SMILES string of the molecule is C[C@H](CCOC(=O)CS)[C@@H](OC(=O)Nc1ccc2c(c1)OCO2)c1cccc(OCCO)c1. The maximum atomic E-state index is 12.7. The van der Waals surface area contributed by atoms with Gasteiger partial charge < -0.3 is 28.8 Å². The smallest absolute Gasteiger partial charge is 0.412 e. The van der Waals surface area contributed by atoms with E-state index < -0.39 is 18.2 Å². The second-order valence-corrected chi connectivity index (χ2v) is 7.62. The molecule has 0 unspecified atom stereocenters. The molecule has 0 saturated heterocycles. The summed E-state index contributed by atoms with van der Waals surface area (Å²) in [7, 11) is 0. The van der Waals surface area contributed by atoms with Gasteiger partial charge in [-0.2, -0.15) is 12.6 Å². The summed E-state index contributed by atoms with van der Waals surface area (Å²) in [5.41, 5.74) is 1.21. The predicted octanol–water partition coefficient (Wildman–Crippen LogP) is 3.58. The third-order valence-corrected chi connectivity index (χ3v) is 5.14. The highest BCUT2D eigenvalue weighted by molar-refractivity contribution is 7.81. The summed E-state index contributed by atoms with van der Waals surface area (Å²) < 4.78 is 27.0. The minimum atomic E-state index is -0.653. The molecule has 0 aromatic heterocycles. The highest BCUT2D eigenvalue weighted by Crippen LogP contribution is 2.35. The molecule has 2 aromatic rings. The second-order valence-electron chi connectivity index (χ2n) is 7.31. The van der Waals surface area contributed by atoms with Gasteiger partial charge in [-0.3, -0.25) is 10.1 Å². The van der Waals surface area contributed by atoms with Crippen LogP contribution >= 0.6 is 12.6 Å². The van der Waals surface area contributed by atoms with Gasteiger partial charge in [0.25, 0.3) is 0 Å². The van der Waals surface area contributed by atoms with Crippen LogP contribution in [0.25, 0.3) is 0 Å². The van der Waals surface area contributed by atoms with Crippen LogP contribution in [0.15, 0.2) is 42.5 Å². The number of aliphatic hydroxyl groups is 1. The van der Waals surface area contributed by atoms with Gasteiger partial charge >= 0.3 is 12.1 Å². The lowest BCUT2D eigenvalue weighted by atomic mass is 9.94. The number of benzene rings is 2. The minimum Gasteiger partial charge on any atom is -0.491 e. The molecule has 0 saturated carbocycles. The molecule has 10 heteroatoms. The number of nitrogens with one attached hydrogen (secondary N) is 1. The molecule has 3 rings (SSSR count). The van der Waals surface area contributed by atoms with Crippen molar-refractivity contribution in [2.75, 3.05) is 37.7 Å². The number of carbonyl (C=O) groups is 2. The van der Waals surface area contributed by atoms with Crippen LogP contribution in [0.5, 0.6) is 17.2 Å². The highest BCUT2D eigenvalue weighted by Gasteiger charge is 2.25.